The Kier molecular flexibility index (Phi) is 6.92. The zero-order chi connectivity index (χ0) is 15.9. The van der Waals surface area contributed by atoms with Gasteiger partial charge in [0.15, 0.2) is 9.84 Å². The van der Waals surface area contributed by atoms with Crippen molar-refractivity contribution in [1.29, 1.82) is 0 Å². The zero-order valence-electron chi connectivity index (χ0n) is 11.6. The second-order valence-corrected chi connectivity index (χ2v) is 7.35. The van der Waals surface area contributed by atoms with E-state index in [1.54, 1.807) is 0 Å². The van der Waals surface area contributed by atoms with Gasteiger partial charge >= 0.3 is 6.18 Å². The lowest BCUT2D eigenvalue weighted by atomic mass is 10.2. The fraction of sp³-hybridized carbons (Fsp3) is 0.917. The molecular formula is C12H20F3NO4S. The molecule has 0 spiro atoms. The lowest BCUT2D eigenvalue weighted by molar-refractivity contribution is -0.173. The van der Waals surface area contributed by atoms with Crippen LogP contribution in [0.2, 0.25) is 0 Å². The molecule has 1 saturated carbocycles. The molecule has 0 bridgehead atoms. The number of nitrogens with one attached hydrogen (secondary N) is 1. The van der Waals surface area contributed by atoms with Crippen molar-refractivity contribution in [3.8, 4) is 0 Å². The van der Waals surface area contributed by atoms with Crippen molar-refractivity contribution in [2.75, 3.05) is 24.7 Å². The molecule has 0 radical (unpaired) electrons. The smallest absolute Gasteiger partial charge is 0.372 e. The van der Waals surface area contributed by atoms with E-state index >= 15 is 0 Å². The van der Waals surface area contributed by atoms with Gasteiger partial charge in [0, 0.05) is 12.6 Å². The number of amides is 1. The molecule has 124 valence electrons. The van der Waals surface area contributed by atoms with Gasteiger partial charge in [-0.3, -0.25) is 4.79 Å². The molecule has 0 saturated heterocycles. The van der Waals surface area contributed by atoms with E-state index in [9.17, 15) is 26.4 Å². The van der Waals surface area contributed by atoms with Crippen LogP contribution in [0.4, 0.5) is 13.2 Å². The van der Waals surface area contributed by atoms with Gasteiger partial charge in [-0.15, -0.1) is 0 Å². The van der Waals surface area contributed by atoms with Gasteiger partial charge in [-0.2, -0.15) is 13.2 Å². The van der Waals surface area contributed by atoms with E-state index in [2.05, 4.69) is 10.1 Å². The fourth-order valence-electron chi connectivity index (χ4n) is 2.18. The minimum Gasteiger partial charge on any atom is -0.372 e. The van der Waals surface area contributed by atoms with Crippen LogP contribution in [0.3, 0.4) is 0 Å². The van der Waals surface area contributed by atoms with Crippen LogP contribution < -0.4 is 5.32 Å². The molecule has 1 rings (SSSR count). The Hall–Kier alpha value is -0.830. The minimum atomic E-state index is -4.42. The molecule has 1 N–H and O–H groups in total. The van der Waals surface area contributed by atoms with E-state index in [1.165, 1.54) is 0 Å². The third kappa shape index (κ3) is 8.92. The fourth-order valence-corrected chi connectivity index (χ4v) is 3.37. The molecule has 0 aromatic heterocycles. The summed E-state index contributed by atoms with van der Waals surface area (Å²) in [6.07, 6.45) is -0.716. The van der Waals surface area contributed by atoms with Crippen LogP contribution in [0, 0.1) is 0 Å². The summed E-state index contributed by atoms with van der Waals surface area (Å²) in [7, 11) is -3.61. The van der Waals surface area contributed by atoms with Crippen LogP contribution >= 0.6 is 0 Å². The maximum Gasteiger partial charge on any atom is 0.411 e. The summed E-state index contributed by atoms with van der Waals surface area (Å²) < 4.78 is 62.9. The highest BCUT2D eigenvalue weighted by Gasteiger charge is 2.27. The summed E-state index contributed by atoms with van der Waals surface area (Å²) in [5, 5.41) is 2.66. The third-order valence-electron chi connectivity index (χ3n) is 3.08. The molecule has 21 heavy (non-hydrogen) atoms. The third-order valence-corrected chi connectivity index (χ3v) is 4.69. The maximum absolute atomic E-state index is 11.8. The molecule has 0 aromatic rings. The summed E-state index contributed by atoms with van der Waals surface area (Å²) in [5.41, 5.74) is 0. The van der Waals surface area contributed by atoms with Crippen molar-refractivity contribution in [3.05, 3.63) is 0 Å². The molecular weight excluding hydrogens is 311 g/mol. The summed E-state index contributed by atoms with van der Waals surface area (Å²) in [6.45, 7) is -1.70. The van der Waals surface area contributed by atoms with Gasteiger partial charge < -0.3 is 10.1 Å². The van der Waals surface area contributed by atoms with Crippen molar-refractivity contribution < 1.29 is 31.1 Å². The van der Waals surface area contributed by atoms with Gasteiger partial charge in [0.1, 0.15) is 12.4 Å². The van der Waals surface area contributed by atoms with Crippen LogP contribution in [-0.2, 0) is 19.4 Å². The first-order valence-electron chi connectivity index (χ1n) is 6.82. The van der Waals surface area contributed by atoms with Crippen molar-refractivity contribution in [2.24, 2.45) is 0 Å². The van der Waals surface area contributed by atoms with Gasteiger partial charge in [-0.25, -0.2) is 8.42 Å². The van der Waals surface area contributed by atoms with E-state index < -0.39 is 34.3 Å². The predicted molar refractivity (Wildman–Crippen MR) is 70.5 cm³/mol. The van der Waals surface area contributed by atoms with Gasteiger partial charge in [-0.05, 0) is 19.3 Å². The van der Waals surface area contributed by atoms with E-state index in [-0.39, 0.29) is 24.8 Å². The molecule has 1 fully saturated rings. The molecule has 0 aromatic carbocycles. The number of carbonyl (C=O) groups is 1. The largest absolute Gasteiger partial charge is 0.411 e. The second-order valence-electron chi connectivity index (χ2n) is 5.16. The second kappa shape index (κ2) is 7.98. The SMILES string of the molecule is O=C(CS(=O)(=O)CCCOCC(F)(F)F)NC1CCCC1. The van der Waals surface area contributed by atoms with E-state index in [0.29, 0.717) is 0 Å². The van der Waals surface area contributed by atoms with Crippen molar-refractivity contribution in [1.82, 2.24) is 5.32 Å². The number of carbonyl (C=O) groups excluding carboxylic acids is 1. The number of hydrogen-bond donors (Lipinski definition) is 1. The van der Waals surface area contributed by atoms with Crippen molar-refractivity contribution in [2.45, 2.75) is 44.3 Å². The van der Waals surface area contributed by atoms with Crippen LogP contribution in [0.25, 0.3) is 0 Å². The monoisotopic (exact) mass is 331 g/mol. The highest BCUT2D eigenvalue weighted by molar-refractivity contribution is 7.92. The van der Waals surface area contributed by atoms with Gasteiger partial charge in [0.05, 0.1) is 5.75 Å². The Bertz CT molecular complexity index is 430. The summed E-state index contributed by atoms with van der Waals surface area (Å²) >= 11 is 0. The Balaban J connectivity index is 2.18. The number of halogens is 3. The molecule has 0 unspecified atom stereocenters. The predicted octanol–water partition coefficient (Wildman–Crippen LogP) is 1.43. The van der Waals surface area contributed by atoms with Gasteiger partial charge in [0.2, 0.25) is 5.91 Å². The minimum absolute atomic E-state index is 0.0443. The normalized spacial score (nSPS) is 17.1. The average Bonchev–Trinajstić information content (AvgIpc) is 2.78. The first-order valence-corrected chi connectivity index (χ1v) is 8.64. The maximum atomic E-state index is 11.8. The molecule has 5 nitrogen and oxygen atoms in total. The standard InChI is InChI=1S/C12H20F3NO4S/c13-12(14,15)9-20-6-3-7-21(18,19)8-11(17)16-10-4-1-2-5-10/h10H,1-9H2,(H,16,17). The number of hydrogen-bond acceptors (Lipinski definition) is 4. The van der Waals surface area contributed by atoms with Crippen molar-refractivity contribution >= 4 is 15.7 Å². The Morgan fingerprint density at radius 3 is 2.43 bits per heavy atom. The molecule has 0 heterocycles. The topological polar surface area (TPSA) is 72.5 Å². The quantitative estimate of drug-likeness (QED) is 0.683. The highest BCUT2D eigenvalue weighted by Crippen LogP contribution is 2.17. The molecule has 9 heteroatoms. The molecule has 1 amide bonds. The lowest BCUT2D eigenvalue weighted by Gasteiger charge is -2.12. The van der Waals surface area contributed by atoms with Gasteiger partial charge in [-0.1, -0.05) is 12.8 Å². The Morgan fingerprint density at radius 2 is 1.86 bits per heavy atom. The summed E-state index contributed by atoms with van der Waals surface area (Å²) in [6, 6.07) is 0.0443. The number of rotatable bonds is 8. The van der Waals surface area contributed by atoms with E-state index in [4.69, 9.17) is 0 Å². The molecule has 1 aliphatic rings. The molecule has 0 atom stereocenters. The first kappa shape index (κ1) is 18.2. The highest BCUT2D eigenvalue weighted by atomic mass is 32.2. The van der Waals surface area contributed by atoms with E-state index in [1.807, 2.05) is 0 Å². The number of ether oxygens (including phenoxy) is 1. The van der Waals surface area contributed by atoms with Crippen molar-refractivity contribution in [3.63, 3.8) is 0 Å². The van der Waals surface area contributed by atoms with Crippen LogP contribution in [0.1, 0.15) is 32.1 Å². The number of sulfone groups is 1. The van der Waals surface area contributed by atoms with Crippen LogP contribution in [-0.4, -0.2) is 51.3 Å². The first-order chi connectivity index (χ1) is 9.68. The average molecular weight is 331 g/mol. The van der Waals surface area contributed by atoms with E-state index in [0.717, 1.165) is 25.7 Å². The summed E-state index contributed by atoms with van der Waals surface area (Å²) in [4.78, 5) is 11.6. The number of alkyl halides is 3. The van der Waals surface area contributed by atoms with Gasteiger partial charge in [0.25, 0.3) is 0 Å². The Labute approximate surface area is 122 Å². The molecule has 0 aliphatic heterocycles. The van der Waals surface area contributed by atoms with Crippen LogP contribution in [0.5, 0.6) is 0 Å². The summed E-state index contributed by atoms with van der Waals surface area (Å²) in [5.74, 6) is -1.52. The molecule has 1 aliphatic carbocycles. The zero-order valence-corrected chi connectivity index (χ0v) is 12.4. The lowest BCUT2D eigenvalue weighted by Crippen LogP contribution is -2.37. The van der Waals surface area contributed by atoms with Crippen LogP contribution in [0.15, 0.2) is 0 Å². The Morgan fingerprint density at radius 1 is 1.24 bits per heavy atom.